The summed E-state index contributed by atoms with van der Waals surface area (Å²) in [4.78, 5) is -0.863. The minimum Gasteiger partial charge on any atom is -0.328 e. The predicted octanol–water partition coefficient (Wildman–Crippen LogP) is 3.03. The molecule has 1 saturated carbocycles. The highest BCUT2D eigenvalue weighted by atomic mass is 32.2. The number of nitrogens with two attached hydrogens (primary N) is 1. The zero-order valence-corrected chi connectivity index (χ0v) is 12.1. The molecule has 1 fully saturated rings. The molecule has 0 radical (unpaired) electrons. The standard InChI is InChI=1S/C13H14F5NO2S/c14-11-6-9(5-10(12(11)15)13(16,17)18)22(20,21)8-3-1-2-7(19)4-8/h5-8H,1-4,19H2. The fraction of sp³-hybridized carbons (Fsp3) is 0.538. The van der Waals surface area contributed by atoms with Gasteiger partial charge in [-0.1, -0.05) is 6.42 Å². The van der Waals surface area contributed by atoms with Gasteiger partial charge < -0.3 is 5.73 Å². The number of sulfone groups is 1. The van der Waals surface area contributed by atoms with Crippen LogP contribution in [-0.4, -0.2) is 19.7 Å². The van der Waals surface area contributed by atoms with Crippen LogP contribution < -0.4 is 5.73 Å². The van der Waals surface area contributed by atoms with E-state index in [0.717, 1.165) is 0 Å². The molecule has 2 unspecified atom stereocenters. The highest BCUT2D eigenvalue weighted by Gasteiger charge is 2.39. The van der Waals surface area contributed by atoms with Crippen molar-refractivity contribution in [2.45, 2.75) is 48.0 Å². The summed E-state index contributed by atoms with van der Waals surface area (Å²) in [5, 5.41) is -0.984. The van der Waals surface area contributed by atoms with Gasteiger partial charge in [-0.15, -0.1) is 0 Å². The number of hydrogen-bond acceptors (Lipinski definition) is 3. The van der Waals surface area contributed by atoms with Crippen LogP contribution in [-0.2, 0) is 16.0 Å². The van der Waals surface area contributed by atoms with Gasteiger partial charge in [-0.3, -0.25) is 0 Å². The molecule has 22 heavy (non-hydrogen) atoms. The SMILES string of the molecule is NC1CCCC(S(=O)(=O)c2cc(F)c(F)c(C(F)(F)F)c2)C1. The van der Waals surface area contributed by atoms with Crippen LogP contribution in [0.1, 0.15) is 31.2 Å². The molecule has 0 aromatic heterocycles. The largest absolute Gasteiger partial charge is 0.419 e. The minimum atomic E-state index is -5.18. The van der Waals surface area contributed by atoms with Gasteiger partial charge in [0.2, 0.25) is 0 Å². The van der Waals surface area contributed by atoms with Crippen molar-refractivity contribution in [1.29, 1.82) is 0 Å². The Balaban J connectivity index is 2.50. The van der Waals surface area contributed by atoms with Gasteiger partial charge in [0.05, 0.1) is 15.7 Å². The summed E-state index contributed by atoms with van der Waals surface area (Å²) in [7, 11) is -4.20. The Bertz CT molecular complexity index is 672. The maximum Gasteiger partial charge on any atom is 0.419 e. The van der Waals surface area contributed by atoms with Gasteiger partial charge in [-0.2, -0.15) is 13.2 Å². The molecule has 0 amide bonds. The van der Waals surface area contributed by atoms with Gasteiger partial charge in [0.15, 0.2) is 21.5 Å². The van der Waals surface area contributed by atoms with Crippen LogP contribution in [0.3, 0.4) is 0 Å². The molecule has 1 aliphatic rings. The van der Waals surface area contributed by atoms with E-state index in [1.165, 1.54) is 0 Å². The fourth-order valence-electron chi connectivity index (χ4n) is 2.59. The van der Waals surface area contributed by atoms with E-state index in [1.54, 1.807) is 0 Å². The molecule has 1 aliphatic carbocycles. The second kappa shape index (κ2) is 5.77. The molecule has 1 aromatic carbocycles. The summed E-state index contributed by atoms with van der Waals surface area (Å²) in [5.74, 6) is -3.94. The first-order chi connectivity index (χ1) is 10.0. The number of alkyl halides is 3. The zero-order valence-electron chi connectivity index (χ0n) is 11.3. The van der Waals surface area contributed by atoms with Crippen molar-refractivity contribution < 1.29 is 30.4 Å². The van der Waals surface area contributed by atoms with Crippen LogP contribution in [0.25, 0.3) is 0 Å². The molecule has 1 aromatic rings. The van der Waals surface area contributed by atoms with Gasteiger partial charge in [0.25, 0.3) is 0 Å². The Morgan fingerprint density at radius 2 is 1.77 bits per heavy atom. The lowest BCUT2D eigenvalue weighted by Crippen LogP contribution is -2.35. The van der Waals surface area contributed by atoms with E-state index in [-0.39, 0.29) is 24.9 Å². The van der Waals surface area contributed by atoms with Crippen molar-refractivity contribution in [2.75, 3.05) is 0 Å². The lowest BCUT2D eigenvalue weighted by molar-refractivity contribution is -0.140. The smallest absolute Gasteiger partial charge is 0.328 e. The third kappa shape index (κ3) is 3.24. The quantitative estimate of drug-likeness (QED) is 0.663. The van der Waals surface area contributed by atoms with Crippen molar-refractivity contribution in [3.8, 4) is 0 Å². The summed E-state index contributed by atoms with van der Waals surface area (Å²) in [5.41, 5.74) is 3.75. The Morgan fingerprint density at radius 1 is 1.14 bits per heavy atom. The van der Waals surface area contributed by atoms with Gasteiger partial charge in [0, 0.05) is 6.04 Å². The average molecular weight is 343 g/mol. The number of rotatable bonds is 2. The van der Waals surface area contributed by atoms with Crippen LogP contribution >= 0.6 is 0 Å². The van der Waals surface area contributed by atoms with Crippen molar-refractivity contribution in [1.82, 2.24) is 0 Å². The summed E-state index contributed by atoms with van der Waals surface area (Å²) in [6, 6.07) is 0.0642. The molecule has 0 aliphatic heterocycles. The molecule has 0 heterocycles. The Kier molecular flexibility index (Phi) is 4.49. The van der Waals surface area contributed by atoms with Gasteiger partial charge in [-0.25, -0.2) is 17.2 Å². The third-order valence-corrected chi connectivity index (χ3v) is 5.94. The van der Waals surface area contributed by atoms with Crippen LogP contribution in [0, 0.1) is 11.6 Å². The fourth-order valence-corrected chi connectivity index (χ4v) is 4.50. The van der Waals surface area contributed by atoms with Crippen molar-refractivity contribution in [2.24, 2.45) is 5.73 Å². The molecule has 0 bridgehead atoms. The highest BCUT2D eigenvalue weighted by molar-refractivity contribution is 7.92. The maximum atomic E-state index is 13.4. The van der Waals surface area contributed by atoms with Crippen molar-refractivity contribution >= 4 is 9.84 Å². The van der Waals surface area contributed by atoms with Gasteiger partial charge >= 0.3 is 6.18 Å². The molecule has 2 atom stereocenters. The van der Waals surface area contributed by atoms with E-state index >= 15 is 0 Å². The summed E-state index contributed by atoms with van der Waals surface area (Å²) in [6.07, 6.45) is -3.73. The Morgan fingerprint density at radius 3 is 2.32 bits per heavy atom. The molecule has 124 valence electrons. The van der Waals surface area contributed by atoms with E-state index in [4.69, 9.17) is 5.73 Å². The first kappa shape index (κ1) is 17.1. The summed E-state index contributed by atoms with van der Waals surface area (Å²) in [6.45, 7) is 0. The highest BCUT2D eigenvalue weighted by Crippen LogP contribution is 2.36. The second-order valence-electron chi connectivity index (χ2n) is 5.36. The third-order valence-electron chi connectivity index (χ3n) is 3.74. The molecule has 0 saturated heterocycles. The predicted molar refractivity (Wildman–Crippen MR) is 68.8 cm³/mol. The van der Waals surface area contributed by atoms with Gasteiger partial charge in [-0.05, 0) is 31.4 Å². The van der Waals surface area contributed by atoms with E-state index in [2.05, 4.69) is 0 Å². The lowest BCUT2D eigenvalue weighted by atomic mass is 9.96. The Labute approximate surface area is 124 Å². The first-order valence-electron chi connectivity index (χ1n) is 6.59. The van der Waals surface area contributed by atoms with E-state index < -0.39 is 43.4 Å². The van der Waals surface area contributed by atoms with Crippen molar-refractivity contribution in [3.05, 3.63) is 29.3 Å². The monoisotopic (exact) mass is 343 g/mol. The van der Waals surface area contributed by atoms with Crippen LogP contribution in [0.15, 0.2) is 17.0 Å². The van der Waals surface area contributed by atoms with Crippen LogP contribution in [0.5, 0.6) is 0 Å². The molecule has 3 nitrogen and oxygen atoms in total. The van der Waals surface area contributed by atoms with Gasteiger partial charge in [0.1, 0.15) is 0 Å². The summed E-state index contributed by atoms with van der Waals surface area (Å²) < 4.78 is 89.4. The molecule has 9 heteroatoms. The summed E-state index contributed by atoms with van der Waals surface area (Å²) >= 11 is 0. The lowest BCUT2D eigenvalue weighted by Gasteiger charge is -2.26. The normalized spacial score (nSPS) is 23.5. The zero-order chi connectivity index (χ0) is 16.7. The first-order valence-corrected chi connectivity index (χ1v) is 8.14. The van der Waals surface area contributed by atoms with E-state index in [0.29, 0.717) is 18.9 Å². The Hall–Kier alpha value is -1.22. The minimum absolute atomic E-state index is 0.0860. The molecular formula is C13H14F5NO2S. The van der Waals surface area contributed by atoms with E-state index in [1.807, 2.05) is 0 Å². The second-order valence-corrected chi connectivity index (χ2v) is 7.59. The van der Waals surface area contributed by atoms with Crippen molar-refractivity contribution in [3.63, 3.8) is 0 Å². The van der Waals surface area contributed by atoms with Crippen LogP contribution in [0.2, 0.25) is 0 Å². The molecular weight excluding hydrogens is 329 g/mol. The average Bonchev–Trinajstić information content (AvgIpc) is 2.40. The maximum absolute atomic E-state index is 13.4. The molecule has 2 N–H and O–H groups in total. The molecule has 2 rings (SSSR count). The number of hydrogen-bond donors (Lipinski definition) is 1. The number of benzene rings is 1. The number of halogens is 5. The van der Waals surface area contributed by atoms with Crippen LogP contribution in [0.4, 0.5) is 22.0 Å². The van der Waals surface area contributed by atoms with E-state index in [9.17, 15) is 30.4 Å². The molecule has 0 spiro atoms. The topological polar surface area (TPSA) is 60.2 Å².